The average Bonchev–Trinajstić information content (AvgIpc) is 2.92. The van der Waals surface area contributed by atoms with Gasteiger partial charge in [-0.15, -0.1) is 0 Å². The van der Waals surface area contributed by atoms with Crippen molar-refractivity contribution < 1.29 is 43.0 Å². The highest BCUT2D eigenvalue weighted by atomic mass is 32.2. The van der Waals surface area contributed by atoms with E-state index in [4.69, 9.17) is 0 Å². The Labute approximate surface area is 247 Å². The van der Waals surface area contributed by atoms with Crippen LogP contribution in [0.5, 0.6) is 0 Å². The molecule has 0 aromatic rings. The molecule has 0 aliphatic heterocycles. The minimum atomic E-state index is -4.32. The summed E-state index contributed by atoms with van der Waals surface area (Å²) in [5, 5.41) is 40.2. The van der Waals surface area contributed by atoms with Gasteiger partial charge in [0, 0.05) is 45.8 Å². The molecule has 5 N–H and O–H groups in total. The standard InChI is InChI=1S/C28H57N3O9S/c1-3-5-7-9-11-13-15-30(27(36)23-32)21-25(34)19-29(17-18-41(38,39)40)20-26(35)22-31(28(37)24-33)16-14-12-10-8-6-4-2/h25-26,32-35H,3-24H2,1-2H3,(H,38,39,40). The summed E-state index contributed by atoms with van der Waals surface area (Å²) in [7, 11) is -4.32. The lowest BCUT2D eigenvalue weighted by Crippen LogP contribution is -2.48. The van der Waals surface area contributed by atoms with Gasteiger partial charge < -0.3 is 30.2 Å². The molecule has 0 heterocycles. The van der Waals surface area contributed by atoms with Crippen LogP contribution in [0.2, 0.25) is 0 Å². The minimum Gasteiger partial charge on any atom is -0.390 e. The Bertz CT molecular complexity index is 740. The third kappa shape index (κ3) is 21.9. The first kappa shape index (κ1) is 39.6. The van der Waals surface area contributed by atoms with Crippen LogP contribution in [0.25, 0.3) is 0 Å². The lowest BCUT2D eigenvalue weighted by molar-refractivity contribution is -0.136. The van der Waals surface area contributed by atoms with Crippen molar-refractivity contribution in [3.05, 3.63) is 0 Å². The van der Waals surface area contributed by atoms with E-state index in [1.807, 2.05) is 0 Å². The maximum absolute atomic E-state index is 12.2. The molecule has 0 saturated carbocycles. The first-order valence-electron chi connectivity index (χ1n) is 15.3. The van der Waals surface area contributed by atoms with Crippen LogP contribution in [-0.2, 0) is 19.7 Å². The van der Waals surface area contributed by atoms with Crippen LogP contribution < -0.4 is 0 Å². The minimum absolute atomic E-state index is 0.0834. The molecule has 0 aliphatic carbocycles. The molecule has 2 amide bonds. The predicted octanol–water partition coefficient (Wildman–Crippen LogP) is 1.26. The third-order valence-corrected chi connectivity index (χ3v) is 7.70. The van der Waals surface area contributed by atoms with E-state index in [2.05, 4.69) is 13.8 Å². The number of carbonyl (C=O) groups is 2. The first-order valence-corrected chi connectivity index (χ1v) is 16.9. The van der Waals surface area contributed by atoms with Gasteiger partial charge in [-0.2, -0.15) is 8.42 Å². The third-order valence-electron chi connectivity index (χ3n) is 7.00. The summed E-state index contributed by atoms with van der Waals surface area (Å²) < 4.78 is 32.0. The fraction of sp³-hybridized carbons (Fsp3) is 0.929. The summed E-state index contributed by atoms with van der Waals surface area (Å²) in [5.74, 6) is -1.66. The molecule has 41 heavy (non-hydrogen) atoms. The summed E-state index contributed by atoms with van der Waals surface area (Å²) in [6.45, 7) is 3.03. The van der Waals surface area contributed by atoms with Crippen molar-refractivity contribution >= 4 is 21.9 Å². The van der Waals surface area contributed by atoms with Crippen LogP contribution in [0.4, 0.5) is 0 Å². The summed E-state index contributed by atoms with van der Waals surface area (Å²) >= 11 is 0. The number of nitrogens with zero attached hydrogens (tertiary/aromatic N) is 3. The van der Waals surface area contributed by atoms with E-state index >= 15 is 0 Å². The number of rotatable bonds is 27. The molecule has 0 rings (SSSR count). The molecule has 2 unspecified atom stereocenters. The topological polar surface area (TPSA) is 179 Å². The van der Waals surface area contributed by atoms with Gasteiger partial charge in [-0.3, -0.25) is 19.0 Å². The molecular formula is C28H57N3O9S. The molecule has 0 bridgehead atoms. The summed E-state index contributed by atoms with van der Waals surface area (Å²) in [5.41, 5.74) is 0. The SMILES string of the molecule is CCCCCCCCN(CC(O)CN(CCS(=O)(=O)O)CC(O)CN(CCCCCCCC)C(=O)CO)C(=O)CO. The number of unbranched alkanes of at least 4 members (excludes halogenated alkanes) is 10. The Morgan fingerprint density at radius 3 is 1.32 bits per heavy atom. The fourth-order valence-electron chi connectivity index (χ4n) is 4.72. The van der Waals surface area contributed by atoms with Crippen molar-refractivity contribution in [2.24, 2.45) is 0 Å². The van der Waals surface area contributed by atoms with Gasteiger partial charge in [0.1, 0.15) is 13.2 Å². The average molecular weight is 612 g/mol. The van der Waals surface area contributed by atoms with Crippen LogP contribution in [0.3, 0.4) is 0 Å². The predicted molar refractivity (Wildman–Crippen MR) is 159 cm³/mol. The second-order valence-corrected chi connectivity index (χ2v) is 12.5. The quantitative estimate of drug-likeness (QED) is 0.0671. The molecule has 0 aliphatic rings. The van der Waals surface area contributed by atoms with Crippen molar-refractivity contribution in [1.82, 2.24) is 14.7 Å². The number of aliphatic hydroxyl groups excluding tert-OH is 4. The van der Waals surface area contributed by atoms with Gasteiger partial charge in [-0.25, -0.2) is 0 Å². The van der Waals surface area contributed by atoms with Crippen molar-refractivity contribution in [2.45, 2.75) is 103 Å². The first-order chi connectivity index (χ1) is 19.5. The van der Waals surface area contributed by atoms with E-state index in [9.17, 15) is 43.0 Å². The lowest BCUT2D eigenvalue weighted by Gasteiger charge is -2.31. The van der Waals surface area contributed by atoms with Crippen LogP contribution in [-0.4, -0.2) is 137 Å². The number of carbonyl (C=O) groups excluding carboxylic acids is 2. The number of hydrogen-bond acceptors (Lipinski definition) is 9. The number of aliphatic hydroxyl groups is 4. The van der Waals surface area contributed by atoms with Gasteiger partial charge in [0.2, 0.25) is 11.8 Å². The molecule has 244 valence electrons. The molecule has 2 atom stereocenters. The molecule has 0 aromatic heterocycles. The van der Waals surface area contributed by atoms with E-state index < -0.39 is 53.1 Å². The van der Waals surface area contributed by atoms with Crippen LogP contribution in [0.15, 0.2) is 0 Å². The second-order valence-electron chi connectivity index (χ2n) is 10.9. The number of amides is 2. The van der Waals surface area contributed by atoms with Gasteiger partial charge >= 0.3 is 0 Å². The second kappa shape index (κ2) is 24.1. The number of hydrogen-bond donors (Lipinski definition) is 5. The summed E-state index contributed by atoms with van der Waals surface area (Å²) in [4.78, 5) is 28.7. The van der Waals surface area contributed by atoms with Gasteiger partial charge in [-0.1, -0.05) is 78.1 Å². The monoisotopic (exact) mass is 611 g/mol. The molecule has 13 heteroatoms. The zero-order chi connectivity index (χ0) is 31.1. The van der Waals surface area contributed by atoms with Crippen LogP contribution in [0, 0.1) is 0 Å². The molecule has 0 radical (unpaired) electrons. The Morgan fingerprint density at radius 1 is 0.610 bits per heavy atom. The smallest absolute Gasteiger partial charge is 0.266 e. The molecular weight excluding hydrogens is 554 g/mol. The van der Waals surface area contributed by atoms with E-state index in [-0.39, 0.29) is 32.7 Å². The Kier molecular flexibility index (Phi) is 23.3. The maximum atomic E-state index is 12.2. The van der Waals surface area contributed by atoms with Gasteiger partial charge in [0.15, 0.2) is 0 Å². The maximum Gasteiger partial charge on any atom is 0.266 e. The van der Waals surface area contributed by atoms with Crippen molar-refractivity contribution in [2.75, 3.05) is 64.8 Å². The van der Waals surface area contributed by atoms with E-state index in [0.29, 0.717) is 13.1 Å². The highest BCUT2D eigenvalue weighted by Crippen LogP contribution is 2.09. The van der Waals surface area contributed by atoms with Gasteiger partial charge in [0.05, 0.1) is 18.0 Å². The molecule has 0 spiro atoms. The highest BCUT2D eigenvalue weighted by Gasteiger charge is 2.24. The van der Waals surface area contributed by atoms with Crippen molar-refractivity contribution in [3.63, 3.8) is 0 Å². The van der Waals surface area contributed by atoms with E-state index in [1.165, 1.54) is 14.7 Å². The molecule has 0 aromatic carbocycles. The largest absolute Gasteiger partial charge is 0.390 e. The Hall–Kier alpha value is -1.35. The van der Waals surface area contributed by atoms with E-state index in [0.717, 1.165) is 77.0 Å². The lowest BCUT2D eigenvalue weighted by atomic mass is 10.1. The Morgan fingerprint density at radius 2 is 0.976 bits per heavy atom. The van der Waals surface area contributed by atoms with Crippen molar-refractivity contribution in [3.8, 4) is 0 Å². The van der Waals surface area contributed by atoms with Crippen molar-refractivity contribution in [1.29, 1.82) is 0 Å². The van der Waals surface area contributed by atoms with Crippen LogP contribution in [0.1, 0.15) is 90.9 Å². The zero-order valence-electron chi connectivity index (χ0n) is 25.3. The van der Waals surface area contributed by atoms with Crippen LogP contribution >= 0.6 is 0 Å². The fourth-order valence-corrected chi connectivity index (χ4v) is 5.21. The molecule has 0 saturated heterocycles. The summed E-state index contributed by atoms with van der Waals surface area (Å²) in [6, 6.07) is 0. The zero-order valence-corrected chi connectivity index (χ0v) is 26.1. The normalized spacial score (nSPS) is 13.4. The highest BCUT2D eigenvalue weighted by molar-refractivity contribution is 7.85. The van der Waals surface area contributed by atoms with Gasteiger partial charge in [-0.05, 0) is 12.8 Å². The molecule has 12 nitrogen and oxygen atoms in total. The van der Waals surface area contributed by atoms with E-state index in [1.54, 1.807) is 0 Å². The summed E-state index contributed by atoms with van der Waals surface area (Å²) in [6.07, 6.45) is 9.88. The molecule has 0 fully saturated rings. The van der Waals surface area contributed by atoms with Gasteiger partial charge in [0.25, 0.3) is 10.1 Å². The Balaban J connectivity index is 5.15.